The minimum Gasteiger partial charge on any atom is -0.342 e. The quantitative estimate of drug-likeness (QED) is 0.808. The number of carbonyl (C=O) groups is 3. The molecule has 0 radical (unpaired) electrons. The zero-order valence-electron chi connectivity index (χ0n) is 13.7. The van der Waals surface area contributed by atoms with E-state index in [0.717, 1.165) is 4.90 Å². The molecule has 1 N–H and O–H groups in total. The maximum atomic E-state index is 12.8. The average Bonchev–Trinajstić information content (AvgIpc) is 2.72. The number of nitrogens with one attached hydrogen (secondary N) is 1. The first kappa shape index (κ1) is 18.5. The van der Waals surface area contributed by atoms with E-state index in [-0.39, 0.29) is 17.5 Å². The fraction of sp³-hybridized carbons (Fsp3) is 0.438. The number of urea groups is 1. The summed E-state index contributed by atoms with van der Waals surface area (Å²) in [7, 11) is 0. The topological polar surface area (TPSA) is 69.7 Å². The summed E-state index contributed by atoms with van der Waals surface area (Å²) in [4.78, 5) is 39.7. The molecule has 130 valence electrons. The number of hydrogen-bond donors (Lipinski definition) is 1. The van der Waals surface area contributed by atoms with Gasteiger partial charge < -0.3 is 10.2 Å². The number of benzene rings is 1. The molecule has 0 bridgehead atoms. The summed E-state index contributed by atoms with van der Waals surface area (Å²) in [6, 6.07) is 4.08. The Morgan fingerprint density at radius 2 is 1.88 bits per heavy atom. The van der Waals surface area contributed by atoms with Crippen molar-refractivity contribution in [1.29, 1.82) is 0 Å². The van der Waals surface area contributed by atoms with E-state index in [2.05, 4.69) is 5.32 Å². The molecule has 0 aliphatic carbocycles. The Kier molecular flexibility index (Phi) is 5.40. The number of rotatable bonds is 5. The smallest absolute Gasteiger partial charge is 0.325 e. The molecular formula is C16H19Cl2N3O3. The SMILES string of the molecule is CCN(CC)C(=O)CN1C(=O)N[C@@](C)(c2ccc(Cl)cc2Cl)C1=O. The van der Waals surface area contributed by atoms with Crippen molar-refractivity contribution < 1.29 is 14.4 Å². The van der Waals surface area contributed by atoms with Crippen LogP contribution in [0.25, 0.3) is 0 Å². The summed E-state index contributed by atoms with van der Waals surface area (Å²) in [5.74, 6) is -0.799. The Balaban J connectivity index is 2.29. The molecule has 1 aromatic rings. The first-order valence-electron chi connectivity index (χ1n) is 7.62. The van der Waals surface area contributed by atoms with Crippen LogP contribution in [-0.4, -0.2) is 47.3 Å². The number of hydrogen-bond acceptors (Lipinski definition) is 3. The van der Waals surface area contributed by atoms with Crippen LogP contribution in [0.5, 0.6) is 0 Å². The van der Waals surface area contributed by atoms with Gasteiger partial charge >= 0.3 is 6.03 Å². The van der Waals surface area contributed by atoms with Crippen LogP contribution in [0.15, 0.2) is 18.2 Å². The summed E-state index contributed by atoms with van der Waals surface area (Å²) in [6.07, 6.45) is 0. The van der Waals surface area contributed by atoms with E-state index in [1.165, 1.54) is 6.07 Å². The molecule has 4 amide bonds. The van der Waals surface area contributed by atoms with Gasteiger partial charge in [0.25, 0.3) is 5.91 Å². The Labute approximate surface area is 150 Å². The molecule has 1 aliphatic heterocycles. The van der Waals surface area contributed by atoms with Crippen molar-refractivity contribution in [3.05, 3.63) is 33.8 Å². The standard InChI is InChI=1S/C16H19Cl2N3O3/c1-4-20(5-2)13(22)9-21-14(23)16(3,19-15(21)24)11-7-6-10(17)8-12(11)18/h6-8H,4-5,9H2,1-3H3,(H,19,24)/t16-/m0/s1. The predicted molar refractivity (Wildman–Crippen MR) is 92.0 cm³/mol. The van der Waals surface area contributed by atoms with Crippen LogP contribution in [0, 0.1) is 0 Å². The summed E-state index contributed by atoms with van der Waals surface area (Å²) < 4.78 is 0. The molecule has 1 heterocycles. The van der Waals surface area contributed by atoms with Gasteiger partial charge in [-0.15, -0.1) is 0 Å². The zero-order chi connectivity index (χ0) is 18.1. The van der Waals surface area contributed by atoms with E-state index < -0.39 is 17.5 Å². The summed E-state index contributed by atoms with van der Waals surface area (Å²) in [6.45, 7) is 5.96. The van der Waals surface area contributed by atoms with E-state index in [9.17, 15) is 14.4 Å². The fourth-order valence-electron chi connectivity index (χ4n) is 2.73. The monoisotopic (exact) mass is 371 g/mol. The fourth-order valence-corrected chi connectivity index (χ4v) is 3.33. The van der Waals surface area contributed by atoms with Crippen molar-refractivity contribution in [2.75, 3.05) is 19.6 Å². The lowest BCUT2D eigenvalue weighted by Gasteiger charge is -2.24. The van der Waals surface area contributed by atoms with Crippen molar-refractivity contribution in [3.8, 4) is 0 Å². The van der Waals surface area contributed by atoms with E-state index >= 15 is 0 Å². The average molecular weight is 372 g/mol. The minimum atomic E-state index is -1.33. The van der Waals surface area contributed by atoms with Crippen LogP contribution in [0.1, 0.15) is 26.3 Å². The van der Waals surface area contributed by atoms with E-state index in [0.29, 0.717) is 23.7 Å². The van der Waals surface area contributed by atoms with Gasteiger partial charge in [0, 0.05) is 28.7 Å². The highest BCUT2D eigenvalue weighted by atomic mass is 35.5. The third kappa shape index (κ3) is 3.21. The highest BCUT2D eigenvalue weighted by Crippen LogP contribution is 2.34. The second kappa shape index (κ2) is 6.99. The van der Waals surface area contributed by atoms with Crippen LogP contribution >= 0.6 is 23.2 Å². The predicted octanol–water partition coefficient (Wildman–Crippen LogP) is 2.63. The molecule has 6 nitrogen and oxygen atoms in total. The van der Waals surface area contributed by atoms with Crippen LogP contribution in [0.2, 0.25) is 10.0 Å². The zero-order valence-corrected chi connectivity index (χ0v) is 15.2. The third-order valence-electron chi connectivity index (χ3n) is 4.15. The molecule has 0 spiro atoms. The molecule has 24 heavy (non-hydrogen) atoms. The van der Waals surface area contributed by atoms with Gasteiger partial charge in [0.15, 0.2) is 0 Å². The van der Waals surface area contributed by atoms with Gasteiger partial charge in [-0.2, -0.15) is 0 Å². The van der Waals surface area contributed by atoms with Gasteiger partial charge in [-0.25, -0.2) is 4.79 Å². The van der Waals surface area contributed by atoms with Crippen LogP contribution in [0.3, 0.4) is 0 Å². The number of likely N-dealkylation sites (N-methyl/N-ethyl adjacent to an activating group) is 1. The first-order chi connectivity index (χ1) is 11.2. The van der Waals surface area contributed by atoms with Crippen LogP contribution < -0.4 is 5.32 Å². The van der Waals surface area contributed by atoms with E-state index in [1.54, 1.807) is 24.0 Å². The van der Waals surface area contributed by atoms with Gasteiger partial charge in [-0.1, -0.05) is 29.3 Å². The lowest BCUT2D eigenvalue weighted by Crippen LogP contribution is -2.44. The second-order valence-corrected chi connectivity index (χ2v) is 6.48. The van der Waals surface area contributed by atoms with Crippen molar-refractivity contribution in [2.24, 2.45) is 0 Å². The summed E-state index contributed by atoms with van der Waals surface area (Å²) in [5, 5.41) is 3.33. The van der Waals surface area contributed by atoms with Crippen molar-refractivity contribution in [3.63, 3.8) is 0 Å². The van der Waals surface area contributed by atoms with Gasteiger partial charge in [0.05, 0.1) is 0 Å². The van der Waals surface area contributed by atoms with Crippen LogP contribution in [-0.2, 0) is 15.1 Å². The van der Waals surface area contributed by atoms with Crippen molar-refractivity contribution in [2.45, 2.75) is 26.3 Å². The number of imide groups is 1. The van der Waals surface area contributed by atoms with E-state index in [4.69, 9.17) is 23.2 Å². The minimum absolute atomic E-state index is 0.274. The second-order valence-electron chi connectivity index (χ2n) is 5.64. The van der Waals surface area contributed by atoms with Crippen LogP contribution in [0.4, 0.5) is 4.79 Å². The van der Waals surface area contributed by atoms with E-state index in [1.807, 2.05) is 13.8 Å². The Hall–Kier alpha value is -1.79. The molecule has 0 unspecified atom stereocenters. The Bertz CT molecular complexity index is 691. The maximum Gasteiger partial charge on any atom is 0.325 e. The van der Waals surface area contributed by atoms with Crippen molar-refractivity contribution >= 4 is 41.0 Å². The Morgan fingerprint density at radius 1 is 1.25 bits per heavy atom. The van der Waals surface area contributed by atoms with Gasteiger partial charge in [-0.05, 0) is 32.9 Å². The molecule has 0 saturated carbocycles. The maximum absolute atomic E-state index is 12.8. The lowest BCUT2D eigenvalue weighted by molar-refractivity contribution is -0.138. The normalized spacial score (nSPS) is 20.3. The summed E-state index contributed by atoms with van der Waals surface area (Å²) >= 11 is 12.1. The molecule has 1 fully saturated rings. The highest BCUT2D eigenvalue weighted by Gasteiger charge is 2.50. The van der Waals surface area contributed by atoms with Gasteiger partial charge in [0.1, 0.15) is 12.1 Å². The molecule has 1 saturated heterocycles. The number of nitrogens with zero attached hydrogens (tertiary/aromatic N) is 2. The van der Waals surface area contributed by atoms with Gasteiger partial charge in [0.2, 0.25) is 5.91 Å². The molecule has 1 atom stereocenters. The largest absolute Gasteiger partial charge is 0.342 e. The highest BCUT2D eigenvalue weighted by molar-refractivity contribution is 6.35. The molecule has 0 aromatic heterocycles. The molecule has 1 aliphatic rings. The summed E-state index contributed by atoms with van der Waals surface area (Å²) in [5.41, 5.74) is -0.896. The van der Waals surface area contributed by atoms with Crippen molar-refractivity contribution in [1.82, 2.24) is 15.1 Å². The first-order valence-corrected chi connectivity index (χ1v) is 8.37. The molecular weight excluding hydrogens is 353 g/mol. The Morgan fingerprint density at radius 3 is 2.42 bits per heavy atom. The molecule has 2 rings (SSSR count). The van der Waals surface area contributed by atoms with Gasteiger partial charge in [-0.3, -0.25) is 14.5 Å². The number of carbonyl (C=O) groups excluding carboxylic acids is 3. The third-order valence-corrected chi connectivity index (χ3v) is 4.70. The number of amides is 4. The molecule has 1 aromatic carbocycles. The lowest BCUT2D eigenvalue weighted by atomic mass is 9.92. The number of halogens is 2. The molecule has 8 heteroatoms.